The van der Waals surface area contributed by atoms with Gasteiger partial charge in [0.1, 0.15) is 19.6 Å². The molecule has 0 radical (unpaired) electrons. The maximum Gasteiger partial charge on any atom is 0.317 e. The lowest BCUT2D eigenvalue weighted by Gasteiger charge is -2.11. The SMILES string of the molecule is COc1ccc(COC(=O)CC(=O)OCc2ccc(OC)c(OC)c2)cc1OC. The molecule has 0 aromatic heterocycles. The third-order valence-corrected chi connectivity index (χ3v) is 3.98. The fraction of sp³-hybridized carbons (Fsp3) is 0.333. The average Bonchev–Trinajstić information content (AvgIpc) is 2.75. The van der Waals surface area contributed by atoms with Gasteiger partial charge in [-0.3, -0.25) is 9.59 Å². The van der Waals surface area contributed by atoms with Crippen LogP contribution >= 0.6 is 0 Å². The van der Waals surface area contributed by atoms with Gasteiger partial charge in [-0.2, -0.15) is 0 Å². The molecule has 0 aliphatic rings. The van der Waals surface area contributed by atoms with Crippen molar-refractivity contribution < 1.29 is 38.0 Å². The summed E-state index contributed by atoms with van der Waals surface area (Å²) in [5, 5.41) is 0. The molecule has 2 aromatic rings. The zero-order valence-corrected chi connectivity index (χ0v) is 16.9. The molecular weight excluding hydrogens is 380 g/mol. The maximum atomic E-state index is 11.9. The third-order valence-electron chi connectivity index (χ3n) is 3.98. The molecule has 0 fully saturated rings. The summed E-state index contributed by atoms with van der Waals surface area (Å²) >= 11 is 0. The van der Waals surface area contributed by atoms with Crippen LogP contribution < -0.4 is 18.9 Å². The van der Waals surface area contributed by atoms with E-state index in [1.807, 2.05) is 0 Å². The Bertz CT molecular complexity index is 777. The van der Waals surface area contributed by atoms with Crippen molar-refractivity contribution in [2.45, 2.75) is 19.6 Å². The molecule has 0 spiro atoms. The highest BCUT2D eigenvalue weighted by Crippen LogP contribution is 2.28. The molecule has 0 amide bonds. The molecule has 0 heterocycles. The Morgan fingerprint density at radius 2 is 1.00 bits per heavy atom. The molecule has 0 saturated heterocycles. The van der Waals surface area contributed by atoms with Crippen molar-refractivity contribution in [3.8, 4) is 23.0 Å². The van der Waals surface area contributed by atoms with Crippen LogP contribution in [0.15, 0.2) is 36.4 Å². The normalized spacial score (nSPS) is 10.1. The topological polar surface area (TPSA) is 89.5 Å². The van der Waals surface area contributed by atoms with E-state index in [0.29, 0.717) is 34.1 Å². The lowest BCUT2D eigenvalue weighted by molar-refractivity contribution is -0.156. The molecular formula is C21H24O8. The van der Waals surface area contributed by atoms with Crippen LogP contribution in [-0.2, 0) is 32.3 Å². The summed E-state index contributed by atoms with van der Waals surface area (Å²) < 4.78 is 30.9. The van der Waals surface area contributed by atoms with Crippen molar-refractivity contribution in [3.05, 3.63) is 47.5 Å². The second kappa shape index (κ2) is 10.8. The molecule has 29 heavy (non-hydrogen) atoms. The van der Waals surface area contributed by atoms with E-state index in [0.717, 1.165) is 0 Å². The summed E-state index contributed by atoms with van der Waals surface area (Å²) in [6.07, 6.45) is -0.486. The van der Waals surface area contributed by atoms with Crippen molar-refractivity contribution in [2.24, 2.45) is 0 Å². The van der Waals surface area contributed by atoms with Gasteiger partial charge in [0.05, 0.1) is 28.4 Å². The highest BCUT2D eigenvalue weighted by Gasteiger charge is 2.14. The van der Waals surface area contributed by atoms with E-state index >= 15 is 0 Å². The Kier molecular flexibility index (Phi) is 8.14. The van der Waals surface area contributed by atoms with Gasteiger partial charge in [-0.1, -0.05) is 12.1 Å². The second-order valence-corrected chi connectivity index (χ2v) is 5.88. The third kappa shape index (κ3) is 6.31. The van der Waals surface area contributed by atoms with Crippen molar-refractivity contribution in [3.63, 3.8) is 0 Å². The zero-order valence-electron chi connectivity index (χ0n) is 16.9. The minimum atomic E-state index is -0.683. The molecule has 0 N–H and O–H groups in total. The summed E-state index contributed by atoms with van der Waals surface area (Å²) in [5.41, 5.74) is 1.41. The van der Waals surface area contributed by atoms with E-state index in [1.165, 1.54) is 28.4 Å². The quantitative estimate of drug-likeness (QED) is 0.441. The molecule has 2 rings (SSSR count). The number of carbonyl (C=O) groups is 2. The molecule has 0 aliphatic heterocycles. The Labute approximate surface area is 169 Å². The first kappa shape index (κ1) is 21.9. The van der Waals surface area contributed by atoms with Crippen LogP contribution in [-0.4, -0.2) is 40.4 Å². The molecule has 156 valence electrons. The van der Waals surface area contributed by atoms with Crippen LogP contribution in [0.4, 0.5) is 0 Å². The van der Waals surface area contributed by atoms with Gasteiger partial charge in [0.15, 0.2) is 23.0 Å². The fourth-order valence-electron chi connectivity index (χ4n) is 2.49. The van der Waals surface area contributed by atoms with Gasteiger partial charge in [-0.05, 0) is 35.4 Å². The summed E-state index contributed by atoms with van der Waals surface area (Å²) in [5.74, 6) is 0.822. The van der Waals surface area contributed by atoms with Crippen LogP contribution in [0.1, 0.15) is 17.5 Å². The van der Waals surface area contributed by atoms with E-state index in [9.17, 15) is 9.59 Å². The molecule has 8 heteroatoms. The van der Waals surface area contributed by atoms with Crippen LogP contribution in [0.25, 0.3) is 0 Å². The summed E-state index contributed by atoms with van der Waals surface area (Å²) in [6.45, 7) is 0.00426. The van der Waals surface area contributed by atoms with E-state index in [2.05, 4.69) is 0 Å². The monoisotopic (exact) mass is 404 g/mol. The van der Waals surface area contributed by atoms with Crippen LogP contribution in [0.5, 0.6) is 23.0 Å². The zero-order chi connectivity index (χ0) is 21.2. The molecule has 0 unspecified atom stereocenters. The van der Waals surface area contributed by atoms with Crippen molar-refractivity contribution in [2.75, 3.05) is 28.4 Å². The highest BCUT2D eigenvalue weighted by molar-refractivity contribution is 5.91. The van der Waals surface area contributed by atoms with Gasteiger partial charge in [0.25, 0.3) is 0 Å². The van der Waals surface area contributed by atoms with Crippen molar-refractivity contribution in [1.82, 2.24) is 0 Å². The Hall–Kier alpha value is -3.42. The van der Waals surface area contributed by atoms with E-state index in [-0.39, 0.29) is 13.2 Å². The molecule has 8 nitrogen and oxygen atoms in total. The van der Waals surface area contributed by atoms with Gasteiger partial charge in [-0.15, -0.1) is 0 Å². The van der Waals surface area contributed by atoms with Gasteiger partial charge in [0, 0.05) is 0 Å². The number of carbonyl (C=O) groups excluding carboxylic acids is 2. The number of esters is 2. The number of hydrogen-bond acceptors (Lipinski definition) is 8. The van der Waals surface area contributed by atoms with Gasteiger partial charge < -0.3 is 28.4 Å². The highest BCUT2D eigenvalue weighted by atomic mass is 16.6. The number of methoxy groups -OCH3 is 4. The minimum Gasteiger partial charge on any atom is -0.493 e. The van der Waals surface area contributed by atoms with Crippen LogP contribution in [0.3, 0.4) is 0 Å². The first-order valence-electron chi connectivity index (χ1n) is 8.73. The standard InChI is InChI=1S/C21H24O8/c1-24-16-7-5-14(9-18(16)26-3)12-28-20(22)11-21(23)29-13-15-6-8-17(25-2)19(10-15)27-4/h5-10H,11-13H2,1-4H3. The largest absolute Gasteiger partial charge is 0.493 e. The Morgan fingerprint density at radius 3 is 1.34 bits per heavy atom. The van der Waals surface area contributed by atoms with E-state index < -0.39 is 18.4 Å². The predicted molar refractivity (Wildman–Crippen MR) is 103 cm³/mol. The second-order valence-electron chi connectivity index (χ2n) is 5.88. The summed E-state index contributed by atoms with van der Waals surface area (Å²) in [4.78, 5) is 23.8. The summed E-state index contributed by atoms with van der Waals surface area (Å²) in [7, 11) is 6.10. The molecule has 0 atom stereocenters. The fourth-order valence-corrected chi connectivity index (χ4v) is 2.49. The first-order chi connectivity index (χ1) is 14.0. The Balaban J connectivity index is 1.81. The molecule has 2 aromatic carbocycles. The number of ether oxygens (including phenoxy) is 6. The molecule has 0 saturated carbocycles. The van der Waals surface area contributed by atoms with Gasteiger partial charge in [0.2, 0.25) is 0 Å². The number of rotatable bonds is 10. The minimum absolute atomic E-state index is 0.00213. The average molecular weight is 404 g/mol. The lowest BCUT2D eigenvalue weighted by atomic mass is 10.2. The van der Waals surface area contributed by atoms with Gasteiger partial charge in [-0.25, -0.2) is 0 Å². The van der Waals surface area contributed by atoms with Crippen molar-refractivity contribution in [1.29, 1.82) is 0 Å². The number of benzene rings is 2. The summed E-state index contributed by atoms with van der Waals surface area (Å²) in [6, 6.07) is 10.3. The number of hydrogen-bond donors (Lipinski definition) is 0. The van der Waals surface area contributed by atoms with Gasteiger partial charge >= 0.3 is 11.9 Å². The first-order valence-corrected chi connectivity index (χ1v) is 8.73. The smallest absolute Gasteiger partial charge is 0.317 e. The van der Waals surface area contributed by atoms with E-state index in [4.69, 9.17) is 28.4 Å². The van der Waals surface area contributed by atoms with Crippen LogP contribution in [0, 0.1) is 0 Å². The predicted octanol–water partition coefficient (Wildman–Crippen LogP) is 2.90. The van der Waals surface area contributed by atoms with Crippen molar-refractivity contribution >= 4 is 11.9 Å². The maximum absolute atomic E-state index is 11.9. The Morgan fingerprint density at radius 1 is 0.621 bits per heavy atom. The molecule has 0 aliphatic carbocycles. The van der Waals surface area contributed by atoms with E-state index in [1.54, 1.807) is 36.4 Å². The molecule has 0 bridgehead atoms. The lowest BCUT2D eigenvalue weighted by Crippen LogP contribution is -2.14. The van der Waals surface area contributed by atoms with Crippen LogP contribution in [0.2, 0.25) is 0 Å².